The maximum absolute atomic E-state index is 11.9. The molecule has 0 bridgehead atoms. The van der Waals surface area contributed by atoms with Gasteiger partial charge in [0, 0.05) is 30.2 Å². The Balaban J connectivity index is 1.47. The molecule has 0 spiro atoms. The second-order valence-corrected chi connectivity index (χ2v) is 7.06. The lowest BCUT2D eigenvalue weighted by Crippen LogP contribution is -2.20. The maximum atomic E-state index is 11.9. The summed E-state index contributed by atoms with van der Waals surface area (Å²) in [5.41, 5.74) is 4.24. The number of carbonyl (C=O) groups excluding carboxylic acids is 1. The molecule has 0 aliphatic heterocycles. The molecule has 3 aromatic rings. The Morgan fingerprint density at radius 3 is 2.89 bits per heavy atom. The molecule has 28 heavy (non-hydrogen) atoms. The van der Waals surface area contributed by atoms with E-state index in [1.54, 1.807) is 30.7 Å². The van der Waals surface area contributed by atoms with Crippen LogP contribution in [0.15, 0.2) is 59.0 Å². The number of thioether (sulfide) groups is 1. The Bertz CT molecular complexity index is 962. The molecular weight excluding hydrogens is 398 g/mol. The molecule has 10 heteroatoms. The lowest BCUT2D eigenvalue weighted by Gasteiger charge is -2.07. The van der Waals surface area contributed by atoms with E-state index >= 15 is 0 Å². The van der Waals surface area contributed by atoms with Gasteiger partial charge in [-0.25, -0.2) is 5.43 Å². The number of pyridine rings is 1. The van der Waals surface area contributed by atoms with Crippen molar-refractivity contribution < 1.29 is 4.79 Å². The van der Waals surface area contributed by atoms with E-state index in [-0.39, 0.29) is 11.7 Å². The van der Waals surface area contributed by atoms with Gasteiger partial charge in [0.2, 0.25) is 0 Å². The van der Waals surface area contributed by atoms with Crippen LogP contribution < -0.4 is 10.7 Å². The van der Waals surface area contributed by atoms with E-state index in [1.807, 2.05) is 35.9 Å². The summed E-state index contributed by atoms with van der Waals surface area (Å²) in [6.45, 7) is 0.493. The Morgan fingerprint density at radius 1 is 1.29 bits per heavy atom. The first-order valence-corrected chi connectivity index (χ1v) is 9.70. The molecule has 0 fully saturated rings. The molecule has 0 atom stereocenters. The minimum atomic E-state index is -0.225. The highest BCUT2D eigenvalue weighted by atomic mass is 35.5. The van der Waals surface area contributed by atoms with Gasteiger partial charge in [-0.2, -0.15) is 5.10 Å². The summed E-state index contributed by atoms with van der Waals surface area (Å²) < 4.78 is 1.84. The zero-order chi connectivity index (χ0) is 19.8. The van der Waals surface area contributed by atoms with Crippen molar-refractivity contribution in [2.24, 2.45) is 12.1 Å². The van der Waals surface area contributed by atoms with Crippen LogP contribution in [0.4, 0.5) is 5.69 Å². The molecule has 0 saturated heterocycles. The van der Waals surface area contributed by atoms with Crippen molar-refractivity contribution >= 4 is 41.2 Å². The molecule has 2 aromatic heterocycles. The third-order valence-electron chi connectivity index (χ3n) is 3.64. The predicted molar refractivity (Wildman–Crippen MR) is 110 cm³/mol. The number of aromatic nitrogens is 4. The Hall–Kier alpha value is -2.91. The van der Waals surface area contributed by atoms with Gasteiger partial charge in [0.1, 0.15) is 0 Å². The highest BCUT2D eigenvalue weighted by Gasteiger charge is 2.11. The molecule has 8 nitrogen and oxygen atoms in total. The van der Waals surface area contributed by atoms with Gasteiger partial charge in [0.05, 0.1) is 18.5 Å². The quantitative estimate of drug-likeness (QED) is 0.333. The van der Waals surface area contributed by atoms with Gasteiger partial charge in [0.15, 0.2) is 11.0 Å². The molecule has 0 saturated carbocycles. The van der Waals surface area contributed by atoms with Crippen molar-refractivity contribution in [2.75, 3.05) is 11.1 Å². The smallest absolute Gasteiger partial charge is 0.250 e. The average Bonchev–Trinajstić information content (AvgIpc) is 3.05. The van der Waals surface area contributed by atoms with Crippen LogP contribution in [0.2, 0.25) is 5.02 Å². The topological polar surface area (TPSA) is 97.1 Å². The SMILES string of the molecule is Cn1c(CNc2cccc(Cl)c2)nnc1SCC(=O)NN=Cc1ccncc1. The molecule has 1 aromatic carbocycles. The zero-order valence-electron chi connectivity index (χ0n) is 15.0. The number of amides is 1. The first-order valence-electron chi connectivity index (χ1n) is 8.34. The van der Waals surface area contributed by atoms with Crippen molar-refractivity contribution in [2.45, 2.75) is 11.7 Å². The van der Waals surface area contributed by atoms with Crippen molar-refractivity contribution in [1.29, 1.82) is 0 Å². The van der Waals surface area contributed by atoms with Gasteiger partial charge in [-0.15, -0.1) is 10.2 Å². The minimum absolute atomic E-state index is 0.182. The second kappa shape index (κ2) is 9.86. The van der Waals surface area contributed by atoms with Gasteiger partial charge in [-0.3, -0.25) is 9.78 Å². The normalized spacial score (nSPS) is 10.9. The van der Waals surface area contributed by atoms with Gasteiger partial charge in [-0.05, 0) is 35.9 Å². The lowest BCUT2D eigenvalue weighted by molar-refractivity contribution is -0.118. The van der Waals surface area contributed by atoms with Crippen molar-refractivity contribution in [1.82, 2.24) is 25.2 Å². The summed E-state index contributed by atoms with van der Waals surface area (Å²) in [4.78, 5) is 15.8. The first-order chi connectivity index (χ1) is 13.6. The Labute approximate surface area is 171 Å². The molecule has 0 unspecified atom stereocenters. The number of hydrazone groups is 1. The number of benzene rings is 1. The number of anilines is 1. The van der Waals surface area contributed by atoms with Crippen molar-refractivity contribution in [3.63, 3.8) is 0 Å². The van der Waals surface area contributed by atoms with E-state index in [0.29, 0.717) is 16.7 Å². The molecule has 0 aliphatic carbocycles. The van der Waals surface area contributed by atoms with E-state index in [9.17, 15) is 4.79 Å². The molecule has 1 amide bonds. The van der Waals surface area contributed by atoms with Crippen LogP contribution in [-0.4, -0.2) is 37.6 Å². The third-order valence-corrected chi connectivity index (χ3v) is 4.90. The number of halogens is 1. The summed E-state index contributed by atoms with van der Waals surface area (Å²) in [7, 11) is 1.86. The third kappa shape index (κ3) is 5.80. The average molecular weight is 416 g/mol. The number of hydrogen-bond acceptors (Lipinski definition) is 7. The fraction of sp³-hybridized carbons (Fsp3) is 0.167. The minimum Gasteiger partial charge on any atom is -0.378 e. The van der Waals surface area contributed by atoms with Crippen molar-refractivity contribution in [3.8, 4) is 0 Å². The predicted octanol–water partition coefficient (Wildman–Crippen LogP) is 2.72. The van der Waals surface area contributed by atoms with Crippen molar-refractivity contribution in [3.05, 3.63) is 65.2 Å². The molecule has 0 radical (unpaired) electrons. The summed E-state index contributed by atoms with van der Waals surface area (Å²) in [5, 5.41) is 16.8. The van der Waals surface area contributed by atoms with E-state index < -0.39 is 0 Å². The number of nitrogens with one attached hydrogen (secondary N) is 2. The number of hydrogen-bond donors (Lipinski definition) is 2. The molecule has 2 N–H and O–H groups in total. The van der Waals surface area contributed by atoms with Gasteiger partial charge in [0.25, 0.3) is 5.91 Å². The fourth-order valence-corrected chi connectivity index (χ4v) is 3.11. The summed E-state index contributed by atoms with van der Waals surface area (Å²) in [6, 6.07) is 11.0. The van der Waals surface area contributed by atoms with Crippen LogP contribution >= 0.6 is 23.4 Å². The van der Waals surface area contributed by atoms with E-state index in [2.05, 4.69) is 31.0 Å². The molecule has 144 valence electrons. The summed E-state index contributed by atoms with van der Waals surface area (Å²) in [5.74, 6) is 0.706. The fourth-order valence-electron chi connectivity index (χ4n) is 2.19. The Kier molecular flexibility index (Phi) is 6.99. The molecular formula is C18H18ClN7OS. The van der Waals surface area contributed by atoms with E-state index in [1.165, 1.54) is 11.8 Å². The van der Waals surface area contributed by atoms with Gasteiger partial charge >= 0.3 is 0 Å². The number of nitrogens with zero attached hydrogens (tertiary/aromatic N) is 5. The maximum Gasteiger partial charge on any atom is 0.250 e. The largest absolute Gasteiger partial charge is 0.378 e. The zero-order valence-corrected chi connectivity index (χ0v) is 16.6. The standard InChI is InChI=1S/C18H18ClN7OS/c1-26-16(11-21-15-4-2-3-14(19)9-15)23-25-18(26)28-12-17(27)24-22-10-13-5-7-20-8-6-13/h2-10,21H,11-12H2,1H3,(H,24,27). The Morgan fingerprint density at radius 2 is 2.11 bits per heavy atom. The van der Waals surface area contributed by atoms with Crippen LogP contribution in [0.3, 0.4) is 0 Å². The van der Waals surface area contributed by atoms with E-state index in [4.69, 9.17) is 11.6 Å². The van der Waals surface area contributed by atoms with Gasteiger partial charge < -0.3 is 9.88 Å². The molecule has 2 heterocycles. The van der Waals surface area contributed by atoms with Crippen LogP contribution in [0.25, 0.3) is 0 Å². The second-order valence-electron chi connectivity index (χ2n) is 5.68. The highest BCUT2D eigenvalue weighted by molar-refractivity contribution is 7.99. The van der Waals surface area contributed by atoms with Gasteiger partial charge in [-0.1, -0.05) is 29.4 Å². The number of rotatable bonds is 8. The van der Waals surface area contributed by atoms with Crippen LogP contribution in [-0.2, 0) is 18.4 Å². The summed E-state index contributed by atoms with van der Waals surface area (Å²) >= 11 is 7.27. The van der Waals surface area contributed by atoms with Crippen LogP contribution in [0.5, 0.6) is 0 Å². The lowest BCUT2D eigenvalue weighted by atomic mass is 10.3. The number of carbonyl (C=O) groups is 1. The van der Waals surface area contributed by atoms with Crippen LogP contribution in [0, 0.1) is 0 Å². The highest BCUT2D eigenvalue weighted by Crippen LogP contribution is 2.18. The van der Waals surface area contributed by atoms with E-state index in [0.717, 1.165) is 17.1 Å². The summed E-state index contributed by atoms with van der Waals surface area (Å²) in [6.07, 6.45) is 4.88. The first kappa shape index (κ1) is 19.8. The monoisotopic (exact) mass is 415 g/mol. The van der Waals surface area contributed by atoms with Crippen LogP contribution in [0.1, 0.15) is 11.4 Å². The molecule has 0 aliphatic rings. The molecule has 3 rings (SSSR count).